The fraction of sp³-hybridized carbons (Fsp3) is 0.286. The molecule has 0 spiro atoms. The van der Waals surface area contributed by atoms with Gasteiger partial charge in [0.2, 0.25) is 0 Å². The zero-order chi connectivity index (χ0) is 14.9. The minimum absolute atomic E-state index is 0.452. The quantitative estimate of drug-likeness (QED) is 0.912. The van der Waals surface area contributed by atoms with E-state index >= 15 is 0 Å². The monoisotopic (exact) mass is 292 g/mol. The number of hydrogen-bond donors (Lipinski definition) is 2. The van der Waals surface area contributed by atoms with Crippen LogP contribution < -0.4 is 5.32 Å². The highest BCUT2D eigenvalue weighted by Crippen LogP contribution is 2.24. The number of carbonyl (C=O) groups is 2. The van der Waals surface area contributed by atoms with E-state index in [9.17, 15) is 9.59 Å². The predicted octanol–water partition coefficient (Wildman–Crippen LogP) is 3.23. The van der Waals surface area contributed by atoms with Crippen molar-refractivity contribution in [1.82, 2.24) is 4.90 Å². The SMILES string of the molecule is CN(C(=O)Nc1ccc2sccc2c1)C(C)(C)C(=O)O. The summed E-state index contributed by atoms with van der Waals surface area (Å²) in [4.78, 5) is 24.4. The lowest BCUT2D eigenvalue weighted by Crippen LogP contribution is -2.52. The largest absolute Gasteiger partial charge is 0.480 e. The number of likely N-dealkylation sites (N-methyl/N-ethyl adjacent to an activating group) is 1. The van der Waals surface area contributed by atoms with Gasteiger partial charge in [-0.2, -0.15) is 0 Å². The summed E-state index contributed by atoms with van der Waals surface area (Å²) in [5, 5.41) is 14.9. The molecule has 0 saturated heterocycles. The Balaban J connectivity index is 2.16. The molecule has 0 atom stereocenters. The van der Waals surface area contributed by atoms with Crippen molar-refractivity contribution in [3.05, 3.63) is 29.6 Å². The van der Waals surface area contributed by atoms with Crippen LogP contribution in [0.4, 0.5) is 10.5 Å². The zero-order valence-corrected chi connectivity index (χ0v) is 12.3. The van der Waals surface area contributed by atoms with Crippen LogP contribution in [0.5, 0.6) is 0 Å². The van der Waals surface area contributed by atoms with Crippen LogP contribution in [0.25, 0.3) is 10.1 Å². The minimum atomic E-state index is -1.27. The normalized spacial score (nSPS) is 11.3. The van der Waals surface area contributed by atoms with Gasteiger partial charge < -0.3 is 15.3 Å². The highest BCUT2D eigenvalue weighted by atomic mass is 32.1. The summed E-state index contributed by atoms with van der Waals surface area (Å²) in [6.45, 7) is 2.97. The first-order valence-electron chi connectivity index (χ1n) is 6.08. The van der Waals surface area contributed by atoms with Crippen molar-refractivity contribution >= 4 is 39.1 Å². The molecule has 1 heterocycles. The molecule has 2 aromatic rings. The molecule has 20 heavy (non-hydrogen) atoms. The van der Waals surface area contributed by atoms with Gasteiger partial charge in [-0.25, -0.2) is 9.59 Å². The van der Waals surface area contributed by atoms with Gasteiger partial charge in [0.25, 0.3) is 0 Å². The lowest BCUT2D eigenvalue weighted by Gasteiger charge is -2.31. The molecule has 5 nitrogen and oxygen atoms in total. The Morgan fingerprint density at radius 3 is 2.65 bits per heavy atom. The van der Waals surface area contributed by atoms with Gasteiger partial charge in [0.05, 0.1) is 0 Å². The summed E-state index contributed by atoms with van der Waals surface area (Å²) in [6.07, 6.45) is 0. The van der Waals surface area contributed by atoms with E-state index in [0.717, 1.165) is 10.1 Å². The Kier molecular flexibility index (Phi) is 3.67. The third-order valence-corrected chi connectivity index (χ3v) is 4.27. The van der Waals surface area contributed by atoms with Crippen LogP contribution in [0.15, 0.2) is 29.6 Å². The van der Waals surface area contributed by atoms with Crippen molar-refractivity contribution in [1.29, 1.82) is 0 Å². The van der Waals surface area contributed by atoms with E-state index in [1.807, 2.05) is 23.6 Å². The molecule has 0 bridgehead atoms. The third kappa shape index (κ3) is 2.60. The number of anilines is 1. The zero-order valence-electron chi connectivity index (χ0n) is 11.5. The van der Waals surface area contributed by atoms with Crippen molar-refractivity contribution in [3.63, 3.8) is 0 Å². The van der Waals surface area contributed by atoms with Crippen molar-refractivity contribution in [2.75, 3.05) is 12.4 Å². The first-order chi connectivity index (χ1) is 9.32. The molecule has 0 aliphatic heterocycles. The highest BCUT2D eigenvalue weighted by molar-refractivity contribution is 7.17. The maximum atomic E-state index is 12.1. The number of urea groups is 1. The van der Waals surface area contributed by atoms with Crippen LogP contribution in [0.3, 0.4) is 0 Å². The second-order valence-corrected chi connectivity index (χ2v) is 5.97. The first-order valence-corrected chi connectivity index (χ1v) is 6.96. The molecule has 106 valence electrons. The molecule has 1 aromatic heterocycles. The van der Waals surface area contributed by atoms with Crippen molar-refractivity contribution in [3.8, 4) is 0 Å². The molecule has 2 N–H and O–H groups in total. The molecule has 2 amide bonds. The Hall–Kier alpha value is -2.08. The number of nitrogens with zero attached hydrogens (tertiary/aromatic N) is 1. The fourth-order valence-corrected chi connectivity index (χ4v) is 2.42. The van der Waals surface area contributed by atoms with E-state index in [4.69, 9.17) is 5.11 Å². The maximum Gasteiger partial charge on any atom is 0.329 e. The summed E-state index contributed by atoms with van der Waals surface area (Å²) in [7, 11) is 1.46. The van der Waals surface area contributed by atoms with E-state index < -0.39 is 17.5 Å². The fourth-order valence-electron chi connectivity index (χ4n) is 1.65. The van der Waals surface area contributed by atoms with Crippen molar-refractivity contribution in [2.45, 2.75) is 19.4 Å². The Bertz CT molecular complexity index is 663. The first kappa shape index (κ1) is 14.3. The number of hydrogen-bond acceptors (Lipinski definition) is 3. The Labute approximate surface area is 120 Å². The van der Waals surface area contributed by atoms with E-state index in [-0.39, 0.29) is 0 Å². The smallest absolute Gasteiger partial charge is 0.329 e. The molecule has 1 aromatic carbocycles. The Morgan fingerprint density at radius 1 is 1.30 bits per heavy atom. The average Bonchev–Trinajstić information content (AvgIpc) is 2.84. The van der Waals surface area contributed by atoms with Gasteiger partial charge in [0.1, 0.15) is 5.54 Å². The second kappa shape index (κ2) is 5.13. The molecule has 0 radical (unpaired) electrons. The number of aliphatic carboxylic acids is 1. The van der Waals surface area contributed by atoms with Gasteiger partial charge >= 0.3 is 12.0 Å². The molecular formula is C14H16N2O3S. The molecule has 2 rings (SSSR count). The summed E-state index contributed by atoms with van der Waals surface area (Å²) in [5.41, 5.74) is -0.620. The van der Waals surface area contributed by atoms with E-state index in [1.54, 1.807) is 17.4 Å². The van der Waals surface area contributed by atoms with Crippen LogP contribution in [0.1, 0.15) is 13.8 Å². The number of benzene rings is 1. The van der Waals surface area contributed by atoms with E-state index in [0.29, 0.717) is 5.69 Å². The summed E-state index contributed by atoms with van der Waals surface area (Å²) < 4.78 is 1.14. The number of fused-ring (bicyclic) bond motifs is 1. The predicted molar refractivity (Wildman–Crippen MR) is 80.3 cm³/mol. The van der Waals surface area contributed by atoms with Crippen molar-refractivity contribution in [2.24, 2.45) is 0 Å². The van der Waals surface area contributed by atoms with Gasteiger partial charge in [0.15, 0.2) is 0 Å². The van der Waals surface area contributed by atoms with Gasteiger partial charge in [-0.15, -0.1) is 11.3 Å². The highest BCUT2D eigenvalue weighted by Gasteiger charge is 2.35. The van der Waals surface area contributed by atoms with E-state index in [1.165, 1.54) is 25.8 Å². The molecule has 6 heteroatoms. The van der Waals surface area contributed by atoms with Crippen LogP contribution in [0, 0.1) is 0 Å². The minimum Gasteiger partial charge on any atom is -0.480 e. The second-order valence-electron chi connectivity index (χ2n) is 5.03. The summed E-state index contributed by atoms with van der Waals surface area (Å²) in [5.74, 6) is -1.05. The molecule has 0 fully saturated rings. The lowest BCUT2D eigenvalue weighted by atomic mass is 10.1. The number of amides is 2. The molecular weight excluding hydrogens is 276 g/mol. The third-order valence-electron chi connectivity index (χ3n) is 3.37. The average molecular weight is 292 g/mol. The van der Waals surface area contributed by atoms with Crippen LogP contribution in [-0.4, -0.2) is 34.6 Å². The van der Waals surface area contributed by atoms with Crippen LogP contribution in [0.2, 0.25) is 0 Å². The van der Waals surface area contributed by atoms with Crippen LogP contribution in [-0.2, 0) is 4.79 Å². The van der Waals surface area contributed by atoms with E-state index in [2.05, 4.69) is 5.32 Å². The lowest BCUT2D eigenvalue weighted by molar-refractivity contribution is -0.146. The number of rotatable bonds is 3. The summed E-state index contributed by atoms with van der Waals surface area (Å²) in [6, 6.07) is 7.12. The number of carboxylic acid groups (broad SMARTS) is 1. The standard InChI is InChI=1S/C14H16N2O3S/c1-14(2,12(17)18)16(3)13(19)15-10-4-5-11-9(8-10)6-7-20-11/h4-8H,1-3H3,(H,15,19)(H,17,18). The summed E-state index contributed by atoms with van der Waals surface area (Å²) >= 11 is 1.63. The van der Waals surface area contributed by atoms with Gasteiger partial charge in [-0.1, -0.05) is 0 Å². The number of carboxylic acids is 1. The van der Waals surface area contributed by atoms with Gasteiger partial charge in [-0.3, -0.25) is 0 Å². The Morgan fingerprint density at radius 2 is 2.00 bits per heavy atom. The molecule has 0 saturated carbocycles. The number of nitrogens with one attached hydrogen (secondary N) is 1. The molecule has 0 unspecified atom stereocenters. The van der Waals surface area contributed by atoms with Crippen molar-refractivity contribution < 1.29 is 14.7 Å². The van der Waals surface area contributed by atoms with Gasteiger partial charge in [0, 0.05) is 17.4 Å². The molecule has 0 aliphatic rings. The van der Waals surface area contributed by atoms with Crippen LogP contribution >= 0.6 is 11.3 Å². The maximum absolute atomic E-state index is 12.1. The van der Waals surface area contributed by atoms with Gasteiger partial charge in [-0.05, 0) is 48.9 Å². The number of carbonyl (C=O) groups excluding carboxylic acids is 1. The molecule has 0 aliphatic carbocycles. The number of thiophene rings is 1. The topological polar surface area (TPSA) is 69.6 Å².